The smallest absolute Gasteiger partial charge is 0.243 e. The number of nitrogens with zero attached hydrogens (tertiary/aromatic N) is 2. The summed E-state index contributed by atoms with van der Waals surface area (Å²) in [6, 6.07) is 29.7. The first-order chi connectivity index (χ1) is 47.2. The number of phenolic OH excluding ortho intramolecular Hbond substituents is 2. The van der Waals surface area contributed by atoms with Crippen LogP contribution in [0.2, 0.25) is 0 Å². The fraction of sp³-hybridized carbons (Fsp3) is 0.493. The summed E-state index contributed by atoms with van der Waals surface area (Å²) in [6.45, 7) is 5.42. The minimum Gasteiger partial charge on any atom is -0.508 e. The highest BCUT2D eigenvalue weighted by Crippen LogP contribution is 2.29. The number of aryl methyl sites for hydroxylation is 2. The zero-order valence-electron chi connectivity index (χ0n) is 57.2. The van der Waals surface area contributed by atoms with E-state index in [1.165, 1.54) is 0 Å². The number of hydrogen-bond acceptors (Lipinski definition) is 14. The van der Waals surface area contributed by atoms with Gasteiger partial charge in [-0.15, -0.1) is 0 Å². The van der Waals surface area contributed by atoms with Gasteiger partial charge in [-0.05, 0) is 172 Å². The second-order valence-electron chi connectivity index (χ2n) is 26.5. The molecule has 7 amide bonds. The number of unbranched alkanes of at least 4 members (excludes halogenated alkanes) is 4. The molecule has 1 heterocycles. The molecule has 19 N–H and O–H groups in total. The molecule has 2 aliphatic rings. The molecule has 0 radical (unpaired) electrons. The van der Waals surface area contributed by atoms with Crippen molar-refractivity contribution in [1.82, 2.24) is 42.1 Å². The van der Waals surface area contributed by atoms with Crippen LogP contribution in [0, 0.1) is 19.8 Å². The van der Waals surface area contributed by atoms with Crippen LogP contribution >= 0.6 is 0 Å². The Hall–Kier alpha value is -8.90. The number of guanidine groups is 1. The van der Waals surface area contributed by atoms with E-state index in [0.29, 0.717) is 83.5 Å². The molecular formula is C75H106N14O9. The summed E-state index contributed by atoms with van der Waals surface area (Å²) >= 11 is 0. The highest BCUT2D eigenvalue weighted by molar-refractivity contribution is 5.95. The number of phenols is 2. The largest absolute Gasteiger partial charge is 0.508 e. The standard InChI is InChI=1S/C75H106N14O9/c1-49-39-59(91)40-50(2)60(49)46-61(77)68(92)86-64(30-20-38-83-75(79)80)72(96)88-67(44-53-25-12-7-13-26-53)73(97)87-63(29-16-17-35-76)69(93)81-36-18-3-4-19-37-82-70(94)65(42-51-21-8-5-9-22-51)85-66(43-52-23-10-6-11-24-52)71(95)84-47-57-45-55-27-14-15-28-56(55)48-89(57)74(98)62(78)41-54-31-33-58(90)34-32-54/h5,7-9,12-15,21-22,25-28,31-34,39-40,52,57,61-67,85,90-91H,3-4,6,10-11,16-20,23-24,29-30,35-38,41-48,76-78H2,1-2H3,(H,81,93)(H,82,94)(H,84,95)(H,86,92)(H,87,97)(H,88,96)(H4,79,80,83)/t57?,61-,62-,63-,64+,65-,66+,67-/m0/s1. The molecule has 530 valence electrons. The van der Waals surface area contributed by atoms with Crippen LogP contribution in [0.4, 0.5) is 0 Å². The van der Waals surface area contributed by atoms with Crippen LogP contribution in [-0.2, 0) is 72.2 Å². The monoisotopic (exact) mass is 1350 g/mol. The quantitative estimate of drug-likeness (QED) is 0.0147. The maximum absolute atomic E-state index is 14.7. The van der Waals surface area contributed by atoms with Crippen LogP contribution in [0.15, 0.2) is 126 Å². The molecule has 23 nitrogen and oxygen atoms in total. The molecule has 98 heavy (non-hydrogen) atoms. The van der Waals surface area contributed by atoms with Crippen molar-refractivity contribution in [2.75, 3.05) is 32.7 Å². The molecule has 0 bridgehead atoms. The molecule has 8 atom stereocenters. The fourth-order valence-electron chi connectivity index (χ4n) is 13.2. The predicted octanol–water partition coefficient (Wildman–Crippen LogP) is 4.44. The average Bonchev–Trinajstić information content (AvgIpc) is 0.802. The minimum absolute atomic E-state index is 0.0650. The van der Waals surface area contributed by atoms with Crippen LogP contribution in [0.25, 0.3) is 0 Å². The summed E-state index contributed by atoms with van der Waals surface area (Å²) < 4.78 is 0. The highest BCUT2D eigenvalue weighted by Gasteiger charge is 2.36. The average molecular weight is 1350 g/mol. The normalized spacial score (nSPS) is 15.9. The molecule has 23 heteroatoms. The molecule has 1 saturated carbocycles. The van der Waals surface area contributed by atoms with E-state index < -0.39 is 65.9 Å². The minimum atomic E-state index is -1.17. The molecule has 7 rings (SSSR count). The molecule has 1 fully saturated rings. The van der Waals surface area contributed by atoms with Gasteiger partial charge in [0.05, 0.1) is 30.2 Å². The van der Waals surface area contributed by atoms with E-state index in [1.54, 1.807) is 41.3 Å². The van der Waals surface area contributed by atoms with Gasteiger partial charge in [0.1, 0.15) is 29.6 Å². The second kappa shape index (κ2) is 40.1. The lowest BCUT2D eigenvalue weighted by atomic mass is 9.84. The molecule has 5 aromatic carbocycles. The number of amides is 7. The van der Waals surface area contributed by atoms with Gasteiger partial charge in [0.25, 0.3) is 0 Å². The molecule has 0 aromatic heterocycles. The van der Waals surface area contributed by atoms with Crippen LogP contribution in [-0.4, -0.2) is 143 Å². The van der Waals surface area contributed by atoms with E-state index in [2.05, 4.69) is 48.3 Å². The number of rotatable bonds is 39. The zero-order valence-corrected chi connectivity index (χ0v) is 57.2. The summed E-state index contributed by atoms with van der Waals surface area (Å²) in [5.74, 6) is -2.54. The Morgan fingerprint density at radius 3 is 1.68 bits per heavy atom. The van der Waals surface area contributed by atoms with Crippen molar-refractivity contribution in [2.45, 2.75) is 197 Å². The fourth-order valence-corrected chi connectivity index (χ4v) is 13.2. The number of nitrogens with one attached hydrogen (secondary N) is 7. The van der Waals surface area contributed by atoms with Crippen molar-refractivity contribution in [1.29, 1.82) is 0 Å². The van der Waals surface area contributed by atoms with Crippen LogP contribution in [0.1, 0.15) is 141 Å². The third-order valence-corrected chi connectivity index (χ3v) is 18.7. The maximum Gasteiger partial charge on any atom is 0.243 e. The van der Waals surface area contributed by atoms with Crippen molar-refractivity contribution < 1.29 is 43.8 Å². The molecular weight excluding hydrogens is 1240 g/mol. The number of fused-ring (bicyclic) bond motifs is 1. The van der Waals surface area contributed by atoms with Gasteiger partial charge in [-0.3, -0.25) is 43.9 Å². The second-order valence-corrected chi connectivity index (χ2v) is 26.5. The summed E-state index contributed by atoms with van der Waals surface area (Å²) in [7, 11) is 0. The number of aromatic hydroxyl groups is 2. The third-order valence-electron chi connectivity index (χ3n) is 18.7. The molecule has 0 saturated heterocycles. The van der Waals surface area contributed by atoms with E-state index >= 15 is 0 Å². The Balaban J connectivity index is 0.941. The lowest BCUT2D eigenvalue weighted by Gasteiger charge is -2.39. The third kappa shape index (κ3) is 25.2. The van der Waals surface area contributed by atoms with Gasteiger partial charge in [-0.1, -0.05) is 142 Å². The Labute approximate surface area is 577 Å². The number of carbonyl (C=O) groups excluding carboxylic acids is 7. The van der Waals surface area contributed by atoms with E-state index in [-0.39, 0.29) is 86.4 Å². The predicted molar refractivity (Wildman–Crippen MR) is 382 cm³/mol. The Morgan fingerprint density at radius 1 is 0.531 bits per heavy atom. The lowest BCUT2D eigenvalue weighted by molar-refractivity contribution is -0.137. The number of nitrogens with two attached hydrogens (primary N) is 5. The van der Waals surface area contributed by atoms with Crippen molar-refractivity contribution in [3.8, 4) is 11.5 Å². The van der Waals surface area contributed by atoms with Crippen molar-refractivity contribution in [2.24, 2.45) is 39.6 Å². The van der Waals surface area contributed by atoms with E-state index in [4.69, 9.17) is 28.7 Å². The summed E-state index contributed by atoms with van der Waals surface area (Å²) in [5.41, 5.74) is 37.0. The van der Waals surface area contributed by atoms with E-state index in [9.17, 15) is 43.8 Å². The summed E-state index contributed by atoms with van der Waals surface area (Å²) in [4.78, 5) is 106. The van der Waals surface area contributed by atoms with Gasteiger partial charge in [0.2, 0.25) is 41.4 Å². The summed E-state index contributed by atoms with van der Waals surface area (Å²) in [5, 5.41) is 41.5. The zero-order chi connectivity index (χ0) is 70.3. The summed E-state index contributed by atoms with van der Waals surface area (Å²) in [6.07, 6.45) is 11.8. The van der Waals surface area contributed by atoms with Crippen LogP contribution < -0.4 is 65.9 Å². The molecule has 1 unspecified atom stereocenters. The van der Waals surface area contributed by atoms with E-state index in [0.717, 1.165) is 89.5 Å². The Morgan fingerprint density at radius 2 is 1.06 bits per heavy atom. The maximum atomic E-state index is 14.7. The van der Waals surface area contributed by atoms with Crippen molar-refractivity contribution in [3.63, 3.8) is 0 Å². The first-order valence-corrected chi connectivity index (χ1v) is 35.0. The topological polar surface area (TPSA) is 390 Å². The van der Waals surface area contributed by atoms with E-state index in [1.807, 2.05) is 92.7 Å². The Bertz CT molecular complexity index is 3360. The van der Waals surface area contributed by atoms with Gasteiger partial charge >= 0.3 is 0 Å². The number of aliphatic imine (C=N–C) groups is 1. The SMILES string of the molecule is Cc1cc(O)cc(C)c1C[C@H](N)C(=O)N[C@H](CCCN=C(N)N)C(=O)N[C@@H](Cc1ccccc1)C(=O)N[C@@H](CCCCN)C(=O)NCCCCCCNC(=O)[C@H](Cc1ccccc1)N[C@H](CC1CCCCC1)C(=O)NCC1Cc2ccccc2CN1C(=O)[C@@H](N)Cc1ccc(O)cc1. The van der Waals surface area contributed by atoms with Gasteiger partial charge < -0.3 is 75.7 Å². The number of carbonyl (C=O) groups is 7. The van der Waals surface area contributed by atoms with Gasteiger partial charge in [0.15, 0.2) is 5.96 Å². The number of hydrogen-bond donors (Lipinski definition) is 14. The molecule has 1 aliphatic heterocycles. The van der Waals surface area contributed by atoms with Crippen molar-refractivity contribution in [3.05, 3.63) is 166 Å². The van der Waals surface area contributed by atoms with Gasteiger partial charge in [-0.25, -0.2) is 0 Å². The first-order valence-electron chi connectivity index (χ1n) is 35.0. The number of benzene rings is 5. The van der Waals surface area contributed by atoms with Crippen LogP contribution in [0.3, 0.4) is 0 Å². The highest BCUT2D eigenvalue weighted by atomic mass is 16.3. The van der Waals surface area contributed by atoms with Crippen LogP contribution in [0.5, 0.6) is 11.5 Å². The Kier molecular flexibility index (Phi) is 31.3. The molecule has 1 aliphatic carbocycles. The molecule has 0 spiro atoms. The first kappa shape index (κ1) is 76.5. The van der Waals surface area contributed by atoms with Crippen molar-refractivity contribution >= 4 is 47.3 Å². The van der Waals surface area contributed by atoms with Gasteiger partial charge in [-0.2, -0.15) is 0 Å². The lowest BCUT2D eigenvalue weighted by Crippen LogP contribution is -2.58. The van der Waals surface area contributed by atoms with Gasteiger partial charge in [0, 0.05) is 39.1 Å². The molecule has 5 aromatic rings.